The first-order chi connectivity index (χ1) is 15.5. The average molecular weight is 432 g/mol. The summed E-state index contributed by atoms with van der Waals surface area (Å²) in [5.41, 5.74) is 4.39. The lowest BCUT2D eigenvalue weighted by Gasteiger charge is -2.34. The van der Waals surface area contributed by atoms with Crippen LogP contribution < -0.4 is 15.4 Å². The van der Waals surface area contributed by atoms with Crippen molar-refractivity contribution in [1.29, 1.82) is 0 Å². The fraction of sp³-hybridized carbons (Fsp3) is 0.417. The number of benzene rings is 1. The number of aromatic nitrogens is 4. The van der Waals surface area contributed by atoms with Crippen molar-refractivity contribution in [3.05, 3.63) is 58.1 Å². The van der Waals surface area contributed by atoms with E-state index in [0.717, 1.165) is 62.0 Å². The van der Waals surface area contributed by atoms with E-state index in [4.69, 9.17) is 9.97 Å². The van der Waals surface area contributed by atoms with Crippen molar-refractivity contribution >= 4 is 17.6 Å². The maximum Gasteiger partial charge on any atom is 0.252 e. The standard InChI is InChI=1S/C24H29N7O/c1-4-29-9-11-30(12-10-29)23-25-15-19(17(3)26-23)20-14-22(32)28-24(27-20)31-16(2)13-18-7-5-6-8-21(18)31/h5-8,14-16H,4,9-13H2,1-3H3,(H,27,28,32). The molecule has 166 valence electrons. The minimum atomic E-state index is -0.180. The predicted molar refractivity (Wildman–Crippen MR) is 127 cm³/mol. The highest BCUT2D eigenvalue weighted by molar-refractivity contribution is 5.69. The number of likely N-dealkylation sites (N-methyl/N-ethyl adjacent to an activating group) is 1. The second kappa shape index (κ2) is 8.35. The molecule has 4 heterocycles. The zero-order valence-electron chi connectivity index (χ0n) is 18.9. The summed E-state index contributed by atoms with van der Waals surface area (Å²) in [7, 11) is 0. The second-order valence-electron chi connectivity index (χ2n) is 8.60. The van der Waals surface area contributed by atoms with E-state index < -0.39 is 0 Å². The molecule has 0 spiro atoms. The Morgan fingerprint density at radius 2 is 1.91 bits per heavy atom. The lowest BCUT2D eigenvalue weighted by atomic mass is 10.1. The van der Waals surface area contributed by atoms with Gasteiger partial charge in [0.2, 0.25) is 11.9 Å². The highest BCUT2D eigenvalue weighted by atomic mass is 16.1. The van der Waals surface area contributed by atoms with Crippen molar-refractivity contribution in [3.63, 3.8) is 0 Å². The first-order valence-electron chi connectivity index (χ1n) is 11.3. The van der Waals surface area contributed by atoms with Crippen LogP contribution in [-0.2, 0) is 6.42 Å². The molecule has 1 unspecified atom stereocenters. The minimum Gasteiger partial charge on any atom is -0.338 e. The summed E-state index contributed by atoms with van der Waals surface area (Å²) in [5, 5.41) is 0. The molecular weight excluding hydrogens is 402 g/mol. The quantitative estimate of drug-likeness (QED) is 0.680. The number of hydrogen-bond donors (Lipinski definition) is 1. The number of fused-ring (bicyclic) bond motifs is 1. The zero-order chi connectivity index (χ0) is 22.2. The molecular formula is C24H29N7O. The molecule has 0 amide bonds. The fourth-order valence-electron chi connectivity index (χ4n) is 4.71. The third kappa shape index (κ3) is 3.75. The number of H-pyrrole nitrogens is 1. The molecule has 8 nitrogen and oxygen atoms in total. The van der Waals surface area contributed by atoms with Crippen LogP contribution in [0.15, 0.2) is 41.3 Å². The van der Waals surface area contributed by atoms with Crippen molar-refractivity contribution in [1.82, 2.24) is 24.8 Å². The lowest BCUT2D eigenvalue weighted by molar-refractivity contribution is 0.270. The van der Waals surface area contributed by atoms with Crippen molar-refractivity contribution in [2.45, 2.75) is 33.2 Å². The lowest BCUT2D eigenvalue weighted by Crippen LogP contribution is -2.46. The summed E-state index contributed by atoms with van der Waals surface area (Å²) in [6, 6.07) is 10.0. The highest BCUT2D eigenvalue weighted by Crippen LogP contribution is 2.36. The molecule has 0 aliphatic carbocycles. The molecule has 32 heavy (non-hydrogen) atoms. The maximum atomic E-state index is 12.6. The van der Waals surface area contributed by atoms with Gasteiger partial charge < -0.3 is 14.7 Å². The number of rotatable bonds is 4. The van der Waals surface area contributed by atoms with Gasteiger partial charge in [-0.1, -0.05) is 25.1 Å². The van der Waals surface area contributed by atoms with Gasteiger partial charge in [-0.15, -0.1) is 0 Å². The molecule has 1 saturated heterocycles. The van der Waals surface area contributed by atoms with Crippen LogP contribution in [0.25, 0.3) is 11.3 Å². The number of aryl methyl sites for hydroxylation is 1. The Labute approximate surface area is 188 Å². The SMILES string of the molecule is CCN1CCN(c2ncc(-c3cc(=O)[nH]c(N4c5ccccc5CC4C)n3)c(C)n2)CC1. The van der Waals surface area contributed by atoms with Gasteiger partial charge in [-0.2, -0.15) is 0 Å². The van der Waals surface area contributed by atoms with E-state index in [0.29, 0.717) is 11.6 Å². The summed E-state index contributed by atoms with van der Waals surface area (Å²) >= 11 is 0. The van der Waals surface area contributed by atoms with Gasteiger partial charge in [0, 0.05) is 55.7 Å². The molecule has 0 bridgehead atoms. The largest absolute Gasteiger partial charge is 0.338 e. The van der Waals surface area contributed by atoms with Crippen molar-refractivity contribution < 1.29 is 0 Å². The van der Waals surface area contributed by atoms with Gasteiger partial charge >= 0.3 is 0 Å². The molecule has 1 N–H and O–H groups in total. The highest BCUT2D eigenvalue weighted by Gasteiger charge is 2.29. The van der Waals surface area contributed by atoms with Crippen molar-refractivity contribution in [2.75, 3.05) is 42.5 Å². The van der Waals surface area contributed by atoms with Gasteiger partial charge in [-0.25, -0.2) is 15.0 Å². The minimum absolute atomic E-state index is 0.180. The van der Waals surface area contributed by atoms with Crippen LogP contribution in [0, 0.1) is 6.92 Å². The van der Waals surface area contributed by atoms with Crippen LogP contribution in [0.4, 0.5) is 17.6 Å². The summed E-state index contributed by atoms with van der Waals surface area (Å²) in [5.74, 6) is 1.30. The van der Waals surface area contributed by atoms with E-state index >= 15 is 0 Å². The van der Waals surface area contributed by atoms with Gasteiger partial charge in [0.1, 0.15) is 0 Å². The number of para-hydroxylation sites is 1. The molecule has 1 fully saturated rings. The Morgan fingerprint density at radius 3 is 2.66 bits per heavy atom. The molecule has 1 atom stereocenters. The first-order valence-corrected chi connectivity index (χ1v) is 11.3. The summed E-state index contributed by atoms with van der Waals surface area (Å²) in [6.07, 6.45) is 2.73. The van der Waals surface area contributed by atoms with Gasteiger partial charge in [0.25, 0.3) is 5.56 Å². The van der Waals surface area contributed by atoms with Crippen LogP contribution in [-0.4, -0.2) is 63.6 Å². The Balaban J connectivity index is 1.46. The molecule has 8 heteroatoms. The van der Waals surface area contributed by atoms with Crippen LogP contribution in [0.3, 0.4) is 0 Å². The third-order valence-electron chi connectivity index (χ3n) is 6.51. The number of hydrogen-bond acceptors (Lipinski definition) is 7. The molecule has 5 rings (SSSR count). The van der Waals surface area contributed by atoms with Gasteiger partial charge in [-0.05, 0) is 38.4 Å². The molecule has 3 aromatic rings. The molecule has 2 aliphatic heterocycles. The fourth-order valence-corrected chi connectivity index (χ4v) is 4.71. The third-order valence-corrected chi connectivity index (χ3v) is 6.51. The summed E-state index contributed by atoms with van der Waals surface area (Å²) in [4.78, 5) is 36.5. The van der Waals surface area contributed by atoms with E-state index in [1.54, 1.807) is 6.20 Å². The van der Waals surface area contributed by atoms with E-state index in [9.17, 15) is 4.79 Å². The van der Waals surface area contributed by atoms with Gasteiger partial charge in [0.15, 0.2) is 0 Å². The summed E-state index contributed by atoms with van der Waals surface area (Å²) in [6.45, 7) is 11.3. The van der Waals surface area contributed by atoms with Gasteiger partial charge in [0.05, 0.1) is 11.4 Å². The number of anilines is 3. The van der Waals surface area contributed by atoms with Gasteiger partial charge in [-0.3, -0.25) is 9.78 Å². The Hall–Kier alpha value is -3.26. The summed E-state index contributed by atoms with van der Waals surface area (Å²) < 4.78 is 0. The number of aromatic amines is 1. The second-order valence-corrected chi connectivity index (χ2v) is 8.60. The number of nitrogens with zero attached hydrogens (tertiary/aromatic N) is 6. The predicted octanol–water partition coefficient (Wildman–Crippen LogP) is 2.76. The maximum absolute atomic E-state index is 12.6. The normalized spacial score (nSPS) is 18.8. The molecule has 1 aromatic carbocycles. The van der Waals surface area contributed by atoms with Crippen LogP contribution >= 0.6 is 0 Å². The van der Waals surface area contributed by atoms with Crippen molar-refractivity contribution in [2.24, 2.45) is 0 Å². The Bertz CT molecular complexity index is 1180. The molecule has 0 saturated carbocycles. The number of piperazine rings is 1. The van der Waals surface area contributed by atoms with Crippen LogP contribution in [0.5, 0.6) is 0 Å². The smallest absolute Gasteiger partial charge is 0.252 e. The molecule has 2 aliphatic rings. The zero-order valence-corrected chi connectivity index (χ0v) is 18.9. The van der Waals surface area contributed by atoms with E-state index in [-0.39, 0.29) is 11.6 Å². The molecule has 2 aromatic heterocycles. The van der Waals surface area contributed by atoms with E-state index in [1.165, 1.54) is 11.6 Å². The number of nitrogens with one attached hydrogen (secondary N) is 1. The Morgan fingerprint density at radius 1 is 1.12 bits per heavy atom. The Kier molecular flexibility index (Phi) is 5.38. The first kappa shape index (κ1) is 20.6. The van der Waals surface area contributed by atoms with E-state index in [2.05, 4.69) is 50.6 Å². The topological polar surface area (TPSA) is 81.2 Å². The van der Waals surface area contributed by atoms with Crippen molar-refractivity contribution in [3.8, 4) is 11.3 Å². The average Bonchev–Trinajstić information content (AvgIpc) is 3.14. The van der Waals surface area contributed by atoms with E-state index in [1.807, 2.05) is 19.1 Å². The molecule has 0 radical (unpaired) electrons. The van der Waals surface area contributed by atoms with Crippen LogP contribution in [0.1, 0.15) is 25.1 Å². The monoisotopic (exact) mass is 431 g/mol. The van der Waals surface area contributed by atoms with Crippen LogP contribution in [0.2, 0.25) is 0 Å².